The van der Waals surface area contributed by atoms with E-state index in [9.17, 15) is 23.3 Å². The third kappa shape index (κ3) is 6.86. The Balaban J connectivity index is 1.84. The topological polar surface area (TPSA) is 122 Å². The number of nitrogens with zero attached hydrogens (tertiary/aromatic N) is 3. The Labute approximate surface area is 212 Å². The van der Waals surface area contributed by atoms with Crippen LogP contribution < -0.4 is 5.43 Å². The van der Waals surface area contributed by atoms with Gasteiger partial charge in [0.2, 0.25) is 10.0 Å². The van der Waals surface area contributed by atoms with Crippen molar-refractivity contribution in [1.82, 2.24) is 9.73 Å². The highest BCUT2D eigenvalue weighted by molar-refractivity contribution is 7.89. The van der Waals surface area contributed by atoms with Crippen LogP contribution >= 0.6 is 23.2 Å². The van der Waals surface area contributed by atoms with Crippen LogP contribution in [0.5, 0.6) is 0 Å². The minimum absolute atomic E-state index is 0.00407. The van der Waals surface area contributed by atoms with Gasteiger partial charge in [-0.05, 0) is 42.8 Å². The van der Waals surface area contributed by atoms with Gasteiger partial charge in [-0.25, -0.2) is 13.8 Å². The first-order valence-electron chi connectivity index (χ1n) is 10.1. The number of hydrogen-bond donors (Lipinski definition) is 1. The van der Waals surface area contributed by atoms with Crippen molar-refractivity contribution in [2.75, 3.05) is 6.54 Å². The summed E-state index contributed by atoms with van der Waals surface area (Å²) < 4.78 is 27.6. The molecule has 0 atom stereocenters. The van der Waals surface area contributed by atoms with E-state index in [1.54, 1.807) is 30.3 Å². The van der Waals surface area contributed by atoms with Crippen molar-refractivity contribution >= 4 is 51.0 Å². The molecule has 0 saturated carbocycles. The smallest absolute Gasteiger partial charge is 0.272 e. The number of rotatable bonds is 9. The van der Waals surface area contributed by atoms with E-state index < -0.39 is 27.4 Å². The van der Waals surface area contributed by atoms with Crippen LogP contribution in [0.3, 0.4) is 0 Å². The van der Waals surface area contributed by atoms with Crippen molar-refractivity contribution in [2.45, 2.75) is 18.4 Å². The van der Waals surface area contributed by atoms with Crippen LogP contribution in [0, 0.1) is 17.0 Å². The Morgan fingerprint density at radius 2 is 1.80 bits per heavy atom. The van der Waals surface area contributed by atoms with Crippen molar-refractivity contribution in [3.05, 3.63) is 104 Å². The average Bonchev–Trinajstić information content (AvgIpc) is 2.80. The van der Waals surface area contributed by atoms with Crippen molar-refractivity contribution in [3.63, 3.8) is 0 Å². The molecule has 1 amide bonds. The molecular formula is C23H20Cl2N4O5S. The molecular weight excluding hydrogens is 515 g/mol. The van der Waals surface area contributed by atoms with Gasteiger partial charge in [0.25, 0.3) is 11.6 Å². The number of nitro benzene ring substituents is 1. The number of nitrogens with one attached hydrogen (secondary N) is 1. The van der Waals surface area contributed by atoms with Gasteiger partial charge in [0.05, 0.1) is 28.1 Å². The molecule has 0 bridgehead atoms. The van der Waals surface area contributed by atoms with Crippen molar-refractivity contribution in [3.8, 4) is 0 Å². The molecule has 35 heavy (non-hydrogen) atoms. The van der Waals surface area contributed by atoms with E-state index in [1.165, 1.54) is 36.4 Å². The van der Waals surface area contributed by atoms with Gasteiger partial charge in [-0.2, -0.15) is 9.41 Å². The van der Waals surface area contributed by atoms with E-state index in [1.807, 2.05) is 6.92 Å². The molecule has 0 radical (unpaired) electrons. The third-order valence-corrected chi connectivity index (χ3v) is 7.26. The molecule has 3 aromatic rings. The lowest BCUT2D eigenvalue weighted by Crippen LogP contribution is -2.39. The predicted molar refractivity (Wildman–Crippen MR) is 134 cm³/mol. The van der Waals surface area contributed by atoms with Gasteiger partial charge in [0.1, 0.15) is 0 Å². The van der Waals surface area contributed by atoms with Gasteiger partial charge in [0, 0.05) is 22.7 Å². The fourth-order valence-electron chi connectivity index (χ4n) is 3.06. The molecule has 0 spiro atoms. The van der Waals surface area contributed by atoms with Gasteiger partial charge in [-0.15, -0.1) is 0 Å². The third-order valence-electron chi connectivity index (χ3n) is 4.87. The lowest BCUT2D eigenvalue weighted by atomic mass is 10.2. The summed E-state index contributed by atoms with van der Waals surface area (Å²) in [7, 11) is -4.09. The summed E-state index contributed by atoms with van der Waals surface area (Å²) in [6.07, 6.45) is 1.12. The van der Waals surface area contributed by atoms with Crippen molar-refractivity contribution in [1.29, 1.82) is 0 Å². The van der Waals surface area contributed by atoms with Crippen LogP contribution in [0.1, 0.15) is 16.7 Å². The van der Waals surface area contributed by atoms with Crippen LogP contribution in [0.15, 0.2) is 76.7 Å². The maximum absolute atomic E-state index is 13.3. The summed E-state index contributed by atoms with van der Waals surface area (Å²) in [6.45, 7) is 1.04. The summed E-state index contributed by atoms with van der Waals surface area (Å²) in [5.41, 5.74) is 3.53. The number of amides is 1. The van der Waals surface area contributed by atoms with E-state index in [0.29, 0.717) is 10.6 Å². The predicted octanol–water partition coefficient (Wildman–Crippen LogP) is 4.55. The lowest BCUT2D eigenvalue weighted by Gasteiger charge is -2.22. The monoisotopic (exact) mass is 534 g/mol. The molecule has 0 aromatic heterocycles. The molecule has 3 rings (SSSR count). The quantitative estimate of drug-likeness (QED) is 0.245. The van der Waals surface area contributed by atoms with Crippen LogP contribution in [0.4, 0.5) is 5.69 Å². The molecule has 0 aliphatic rings. The second kappa shape index (κ2) is 11.4. The number of hydrogen-bond acceptors (Lipinski definition) is 6. The first-order valence-corrected chi connectivity index (χ1v) is 12.3. The standard InChI is InChI=1S/C23H20Cl2N4O5S/c1-16-6-10-20(11-7-16)35(33,34)28(14-18-8-9-19(24)12-21(18)25)15-23(30)27-26-13-17-4-2-3-5-22(17)29(31)32/h2-13H,14-15H2,1H3,(H,27,30)/b26-13-. The normalized spacial score (nSPS) is 11.7. The molecule has 1 N–H and O–H groups in total. The van der Waals surface area contributed by atoms with Crippen LogP contribution in [-0.4, -0.2) is 36.3 Å². The second-order valence-electron chi connectivity index (χ2n) is 7.43. The summed E-state index contributed by atoms with van der Waals surface area (Å²) in [4.78, 5) is 23.2. The zero-order valence-electron chi connectivity index (χ0n) is 18.4. The Morgan fingerprint density at radius 1 is 1.11 bits per heavy atom. The van der Waals surface area contributed by atoms with Crippen molar-refractivity contribution < 1.29 is 18.1 Å². The number of benzene rings is 3. The van der Waals surface area contributed by atoms with E-state index >= 15 is 0 Å². The largest absolute Gasteiger partial charge is 0.278 e. The van der Waals surface area contributed by atoms with Gasteiger partial charge >= 0.3 is 0 Å². The highest BCUT2D eigenvalue weighted by Gasteiger charge is 2.27. The van der Waals surface area contributed by atoms with Gasteiger partial charge < -0.3 is 0 Å². The Bertz CT molecular complexity index is 1380. The second-order valence-corrected chi connectivity index (χ2v) is 10.2. The first kappa shape index (κ1) is 26.3. The zero-order chi connectivity index (χ0) is 25.6. The number of nitro groups is 1. The molecule has 182 valence electrons. The molecule has 0 heterocycles. The average molecular weight is 535 g/mol. The molecule has 0 aliphatic carbocycles. The lowest BCUT2D eigenvalue weighted by molar-refractivity contribution is -0.385. The van der Waals surface area contributed by atoms with Gasteiger partial charge in [-0.1, -0.05) is 59.1 Å². The molecule has 0 saturated heterocycles. The minimum atomic E-state index is -4.09. The fraction of sp³-hybridized carbons (Fsp3) is 0.130. The number of aryl methyl sites for hydroxylation is 1. The Morgan fingerprint density at radius 3 is 2.46 bits per heavy atom. The molecule has 0 fully saturated rings. The maximum atomic E-state index is 13.3. The Hall–Kier alpha value is -3.31. The number of para-hydroxylation sites is 1. The van der Waals surface area contributed by atoms with Gasteiger partial charge in [-0.3, -0.25) is 14.9 Å². The van der Waals surface area contributed by atoms with Gasteiger partial charge in [0.15, 0.2) is 0 Å². The molecule has 12 heteroatoms. The molecule has 0 unspecified atom stereocenters. The van der Waals surface area contributed by atoms with E-state index in [2.05, 4.69) is 10.5 Å². The number of sulfonamides is 1. The molecule has 0 aliphatic heterocycles. The van der Waals surface area contributed by atoms with E-state index in [4.69, 9.17) is 23.2 Å². The number of carbonyl (C=O) groups is 1. The zero-order valence-corrected chi connectivity index (χ0v) is 20.7. The molecule has 9 nitrogen and oxygen atoms in total. The van der Waals surface area contributed by atoms with E-state index in [-0.39, 0.29) is 27.7 Å². The number of hydrazone groups is 1. The minimum Gasteiger partial charge on any atom is -0.272 e. The van der Waals surface area contributed by atoms with Crippen LogP contribution in [0.25, 0.3) is 0 Å². The fourth-order valence-corrected chi connectivity index (χ4v) is 4.90. The Kier molecular flexibility index (Phi) is 8.57. The maximum Gasteiger partial charge on any atom is 0.278 e. The highest BCUT2D eigenvalue weighted by atomic mass is 35.5. The van der Waals surface area contributed by atoms with Crippen LogP contribution in [0.2, 0.25) is 10.0 Å². The summed E-state index contributed by atoms with van der Waals surface area (Å²) in [5, 5.41) is 15.5. The SMILES string of the molecule is Cc1ccc(S(=O)(=O)N(CC(=O)N/N=C\c2ccccc2[N+](=O)[O-])Cc2ccc(Cl)cc2Cl)cc1. The summed E-state index contributed by atoms with van der Waals surface area (Å²) in [5.74, 6) is -0.749. The van der Waals surface area contributed by atoms with Crippen LogP contribution in [-0.2, 0) is 21.4 Å². The molecule has 3 aromatic carbocycles. The van der Waals surface area contributed by atoms with Crippen molar-refractivity contribution in [2.24, 2.45) is 5.10 Å². The summed E-state index contributed by atoms with van der Waals surface area (Å²) >= 11 is 12.2. The number of carbonyl (C=O) groups excluding carboxylic acids is 1. The van der Waals surface area contributed by atoms with E-state index in [0.717, 1.165) is 16.1 Å². The highest BCUT2D eigenvalue weighted by Crippen LogP contribution is 2.25. The number of halogens is 2. The summed E-state index contributed by atoms with van der Waals surface area (Å²) in [6, 6.07) is 16.7. The first-order chi connectivity index (χ1) is 16.6.